The van der Waals surface area contributed by atoms with Gasteiger partial charge in [-0.2, -0.15) is 0 Å². The van der Waals surface area contributed by atoms with Crippen molar-refractivity contribution < 1.29 is 0 Å². The van der Waals surface area contributed by atoms with Crippen molar-refractivity contribution in [3.63, 3.8) is 0 Å². The van der Waals surface area contributed by atoms with E-state index in [2.05, 4.69) is 0 Å². The van der Waals surface area contributed by atoms with Gasteiger partial charge in [0.2, 0.25) is 0 Å². The Bertz CT molecular complexity index is 2500. The highest BCUT2D eigenvalue weighted by molar-refractivity contribution is 7.05. The zero-order valence-electron chi connectivity index (χ0n) is 20.2. The second kappa shape index (κ2) is 10.3. The van der Waals surface area contributed by atoms with Gasteiger partial charge in [0, 0.05) is 21.5 Å². The number of aromatic nitrogens is 2. The van der Waals surface area contributed by atoms with Crippen molar-refractivity contribution in [3.8, 4) is 0 Å². The SMILES string of the molecule is ClB1n2c3c4c(Cl)c(Cl)c(Cl)c(Cl)c4c2/N=C2N=C(/N=c4/c5c(Cl)c(Cl)c(Cl)c(Cl)c5c(n41)=N3)c1c(Cl)c(Cl)c(Cl)c(Cl)c1\2. The molecule has 3 aliphatic rings. The molecule has 0 amide bonds. The van der Waals surface area contributed by atoms with E-state index < -0.39 is 6.40 Å². The van der Waals surface area contributed by atoms with Crippen molar-refractivity contribution in [2.24, 2.45) is 20.0 Å². The molecule has 0 fully saturated rings. The van der Waals surface area contributed by atoms with Crippen LogP contribution in [0.3, 0.4) is 0 Å². The fraction of sp³-hybridized carbons (Fsp3) is 0. The summed E-state index contributed by atoms with van der Waals surface area (Å²) < 4.78 is 3.09. The van der Waals surface area contributed by atoms with Crippen molar-refractivity contribution in [3.05, 3.63) is 82.4 Å². The maximum atomic E-state index is 7.28. The molecule has 0 atom stereocenters. The molecule has 0 saturated heterocycles. The fourth-order valence-corrected chi connectivity index (χ4v) is 8.91. The van der Waals surface area contributed by atoms with E-state index in [1.807, 2.05) is 0 Å². The fourth-order valence-electron chi connectivity index (χ4n) is 5.47. The van der Waals surface area contributed by atoms with Gasteiger partial charge >= 0.3 is 6.40 Å². The van der Waals surface area contributed by atoms with Crippen LogP contribution in [-0.4, -0.2) is 27.0 Å². The zero-order valence-corrected chi connectivity index (χ0v) is 30.0. The second-order valence-corrected chi connectivity index (χ2v) is 14.4. The molecular weight excluding hydrogens is 844 g/mol. The van der Waals surface area contributed by atoms with E-state index in [9.17, 15) is 0 Å². The maximum absolute atomic E-state index is 7.28. The molecule has 0 N–H and O–H groups in total. The van der Waals surface area contributed by atoms with Crippen LogP contribution in [0.5, 0.6) is 0 Å². The van der Waals surface area contributed by atoms with Crippen LogP contribution in [0, 0.1) is 0 Å². The molecule has 5 aromatic rings. The molecule has 8 rings (SSSR count). The Hall–Kier alpha value is -0.485. The highest BCUT2D eigenvalue weighted by Gasteiger charge is 2.40. The van der Waals surface area contributed by atoms with E-state index in [-0.39, 0.29) is 127 Å². The average Bonchev–Trinajstić information content (AvgIpc) is 3.63. The van der Waals surface area contributed by atoms with Crippen LogP contribution in [-0.2, 0) is 0 Å². The van der Waals surface area contributed by atoms with Crippen LogP contribution in [0.1, 0.15) is 11.1 Å². The molecule has 44 heavy (non-hydrogen) atoms. The number of halogens is 13. The first kappa shape index (κ1) is 30.8. The van der Waals surface area contributed by atoms with Gasteiger partial charge in [0.1, 0.15) is 22.6 Å². The topological polar surface area (TPSA) is 59.3 Å². The number of hydrogen-bond donors (Lipinski definition) is 0. The van der Waals surface area contributed by atoms with Gasteiger partial charge in [-0.3, -0.25) is 0 Å². The molecule has 4 bridgehead atoms. The number of fused-ring (bicyclic) bond motifs is 10. The third-order valence-electron chi connectivity index (χ3n) is 7.33. The summed E-state index contributed by atoms with van der Waals surface area (Å²) in [6.45, 7) is 0. The summed E-state index contributed by atoms with van der Waals surface area (Å²) in [5.74, 6) is 0.462. The lowest BCUT2D eigenvalue weighted by atomic mass is 10.1. The van der Waals surface area contributed by atoms with Crippen molar-refractivity contribution in [1.29, 1.82) is 0 Å². The number of aliphatic imine (C=N–C) groups is 2. The predicted octanol–water partition coefficient (Wildman–Crippen LogP) is 11.8. The first-order chi connectivity index (χ1) is 20.8. The zero-order chi connectivity index (χ0) is 31.4. The maximum Gasteiger partial charge on any atom is 0.499 e. The number of benzene rings is 3. The van der Waals surface area contributed by atoms with E-state index >= 15 is 0 Å². The quantitative estimate of drug-likeness (QED) is 0.0847. The molecule has 5 heterocycles. The lowest BCUT2D eigenvalue weighted by Gasteiger charge is -2.18. The van der Waals surface area contributed by atoms with Crippen molar-refractivity contribution in [1.82, 2.24) is 8.96 Å². The highest BCUT2D eigenvalue weighted by Crippen LogP contribution is 2.53. The van der Waals surface area contributed by atoms with Crippen molar-refractivity contribution in [2.75, 3.05) is 0 Å². The number of hydrogen-bond acceptors (Lipinski definition) is 4. The molecule has 0 unspecified atom stereocenters. The van der Waals surface area contributed by atoms with E-state index in [1.54, 1.807) is 8.96 Å². The van der Waals surface area contributed by atoms with Crippen molar-refractivity contribution in [2.45, 2.75) is 0 Å². The Morgan fingerprint density at radius 1 is 0.364 bits per heavy atom. The minimum Gasteiger partial charge on any atom is -0.319 e. The van der Waals surface area contributed by atoms with Gasteiger partial charge in [-0.05, 0) is 0 Å². The summed E-state index contributed by atoms with van der Waals surface area (Å²) in [6, 6.07) is 0. The lowest BCUT2D eigenvalue weighted by Crippen LogP contribution is -2.45. The average molecular weight is 844 g/mol. The van der Waals surface area contributed by atoms with Crippen LogP contribution in [0.4, 0.5) is 11.6 Å². The van der Waals surface area contributed by atoms with Gasteiger partial charge in [-0.1, -0.05) is 139 Å². The van der Waals surface area contributed by atoms with E-state index in [0.717, 1.165) is 0 Å². The standard InChI is InChI=1S/C24BCl13N6/c26-7-1-2(8(27)14(33)13(7)32)20-39-19(1)40-21-3-5(11(30)17(36)15(34)9(3)28)23-42-24-6-4(10(29)16(35)18(37)12(6)31)22(41-20)44(24)25(38)43(21)23/b40-19-,40-21?,41-20?,41-22-. The number of nitrogens with zero attached hydrogens (tertiary/aromatic N) is 6. The van der Waals surface area contributed by atoms with Crippen LogP contribution in [0.25, 0.3) is 21.5 Å². The van der Waals surface area contributed by atoms with Gasteiger partial charge in [0.15, 0.2) is 11.7 Å². The monoisotopic (exact) mass is 838 g/mol. The normalized spacial score (nSPS) is 16.6. The second-order valence-electron chi connectivity index (χ2n) is 9.46. The molecule has 0 radical (unpaired) electrons. The molecule has 0 aliphatic carbocycles. The van der Waals surface area contributed by atoms with Crippen LogP contribution in [0.2, 0.25) is 60.3 Å². The Morgan fingerprint density at radius 2 is 0.727 bits per heavy atom. The Morgan fingerprint density at radius 3 is 1.20 bits per heavy atom. The number of rotatable bonds is 0. The van der Waals surface area contributed by atoms with Crippen LogP contribution >= 0.6 is 151 Å². The summed E-state index contributed by atoms with van der Waals surface area (Å²) >= 11 is 86.9. The van der Waals surface area contributed by atoms with Crippen molar-refractivity contribution >= 4 is 202 Å². The molecule has 3 aromatic carbocycles. The van der Waals surface area contributed by atoms with Gasteiger partial charge in [0.25, 0.3) is 0 Å². The Balaban J connectivity index is 1.74. The lowest BCUT2D eigenvalue weighted by molar-refractivity contribution is 0.938. The van der Waals surface area contributed by atoms with Crippen LogP contribution < -0.4 is 11.0 Å². The summed E-state index contributed by atoms with van der Waals surface area (Å²) in [7, 11) is 0. The van der Waals surface area contributed by atoms with E-state index in [1.165, 1.54) is 0 Å². The molecule has 0 saturated carbocycles. The summed E-state index contributed by atoms with van der Waals surface area (Å²) in [4.78, 5) is 19.3. The molecule has 3 aliphatic heterocycles. The molecule has 6 nitrogen and oxygen atoms in total. The smallest absolute Gasteiger partial charge is 0.319 e. The summed E-state index contributed by atoms with van der Waals surface area (Å²) in [5.41, 5.74) is 0.846. The summed E-state index contributed by atoms with van der Waals surface area (Å²) in [5, 5.41) is 1.23. The molecular formula is C24BCl13N6. The van der Waals surface area contributed by atoms with E-state index in [4.69, 9.17) is 171 Å². The minimum absolute atomic E-state index is 0.00995. The Labute approximate surface area is 310 Å². The molecule has 0 spiro atoms. The first-order valence-corrected chi connectivity index (χ1v) is 16.7. The largest absolute Gasteiger partial charge is 0.499 e. The third kappa shape index (κ3) is 3.71. The molecule has 220 valence electrons. The van der Waals surface area contributed by atoms with E-state index in [0.29, 0.717) is 0 Å². The third-order valence-corrected chi connectivity index (χ3v) is 13.1. The number of amidine groups is 2. The van der Waals surface area contributed by atoms with Gasteiger partial charge in [0.05, 0.1) is 71.4 Å². The molecule has 2 aromatic heterocycles. The van der Waals surface area contributed by atoms with Gasteiger partial charge in [-0.15, -0.1) is 11.5 Å². The van der Waals surface area contributed by atoms with Gasteiger partial charge in [-0.25, -0.2) is 20.0 Å². The van der Waals surface area contributed by atoms with Gasteiger partial charge < -0.3 is 8.96 Å². The highest BCUT2D eigenvalue weighted by atomic mass is 35.5. The molecule has 20 heteroatoms. The summed E-state index contributed by atoms with van der Waals surface area (Å²) in [6.07, 6.45) is -1.14. The minimum atomic E-state index is -1.14. The first-order valence-electron chi connectivity index (χ1n) is 11.7. The predicted molar refractivity (Wildman–Crippen MR) is 188 cm³/mol. The van der Waals surface area contributed by atoms with Crippen LogP contribution in [0.15, 0.2) is 20.0 Å². The Kier molecular flexibility index (Phi) is 7.19.